The zero-order valence-electron chi connectivity index (χ0n) is 12.1. The Morgan fingerprint density at radius 2 is 1.91 bits per heavy atom. The van der Waals surface area contributed by atoms with Crippen molar-refractivity contribution in [3.05, 3.63) is 70.3 Å². The third-order valence-corrected chi connectivity index (χ3v) is 3.20. The number of ketones is 1. The van der Waals surface area contributed by atoms with Gasteiger partial charge in [0.15, 0.2) is 5.76 Å². The molecule has 0 amide bonds. The van der Waals surface area contributed by atoms with Crippen molar-refractivity contribution in [2.75, 3.05) is 14.1 Å². The number of allylic oxidation sites excluding steroid dienone is 1. The number of aromatic nitrogens is 1. The highest BCUT2D eigenvalue weighted by Crippen LogP contribution is 2.22. The monoisotopic (exact) mass is 336 g/mol. The van der Waals surface area contributed by atoms with Crippen molar-refractivity contribution in [2.45, 2.75) is 0 Å². The van der Waals surface area contributed by atoms with Gasteiger partial charge in [-0.15, -0.1) is 0 Å². The molecule has 0 aliphatic heterocycles. The molecule has 1 aromatic carbocycles. The first-order valence-corrected chi connectivity index (χ1v) is 7.20. The van der Waals surface area contributed by atoms with E-state index in [9.17, 15) is 4.79 Å². The largest absolute Gasteiger partial charge is 0.450 e. The molecule has 0 radical (unpaired) electrons. The van der Waals surface area contributed by atoms with Crippen LogP contribution in [0.1, 0.15) is 10.4 Å². The molecule has 0 saturated carbocycles. The average Bonchev–Trinajstić information content (AvgIpc) is 2.48. The first-order chi connectivity index (χ1) is 10.5. The van der Waals surface area contributed by atoms with Crippen LogP contribution in [-0.4, -0.2) is 29.8 Å². The van der Waals surface area contributed by atoms with E-state index in [1.54, 1.807) is 61.6 Å². The predicted octanol–water partition coefficient (Wildman–Crippen LogP) is 4.05. The van der Waals surface area contributed by atoms with Gasteiger partial charge >= 0.3 is 0 Å². The summed E-state index contributed by atoms with van der Waals surface area (Å²) in [5.41, 5.74) is 0.374. The summed E-state index contributed by atoms with van der Waals surface area (Å²) in [7, 11) is 3.59. The SMILES string of the molecule is CN(C)/C=C(\Oc1ccc(Cl)nc1)C(=O)c1ccccc1Cl. The maximum Gasteiger partial charge on any atom is 0.231 e. The Bertz CT molecular complexity index is 698. The van der Waals surface area contributed by atoms with Crippen LogP contribution in [0.3, 0.4) is 0 Å². The number of nitrogens with zero attached hydrogens (tertiary/aromatic N) is 2. The minimum Gasteiger partial charge on any atom is -0.450 e. The maximum atomic E-state index is 12.6. The molecule has 0 unspecified atom stereocenters. The van der Waals surface area contributed by atoms with Crippen molar-refractivity contribution < 1.29 is 9.53 Å². The summed E-state index contributed by atoms with van der Waals surface area (Å²) in [6.07, 6.45) is 3.03. The van der Waals surface area contributed by atoms with Crippen LogP contribution in [0.2, 0.25) is 10.2 Å². The van der Waals surface area contributed by atoms with E-state index in [2.05, 4.69) is 4.98 Å². The lowest BCUT2D eigenvalue weighted by molar-refractivity contribution is 0.0982. The number of hydrogen-bond acceptors (Lipinski definition) is 4. The van der Waals surface area contributed by atoms with E-state index in [1.807, 2.05) is 0 Å². The first kappa shape index (κ1) is 16.3. The van der Waals surface area contributed by atoms with Crippen molar-refractivity contribution in [3.63, 3.8) is 0 Å². The third-order valence-electron chi connectivity index (χ3n) is 2.65. The molecule has 0 aliphatic carbocycles. The van der Waals surface area contributed by atoms with E-state index < -0.39 is 0 Å². The zero-order valence-corrected chi connectivity index (χ0v) is 13.6. The molecule has 0 atom stereocenters. The van der Waals surface area contributed by atoms with Crippen molar-refractivity contribution in [1.29, 1.82) is 0 Å². The topological polar surface area (TPSA) is 42.4 Å². The van der Waals surface area contributed by atoms with Crippen molar-refractivity contribution >= 4 is 29.0 Å². The quantitative estimate of drug-likeness (QED) is 0.357. The van der Waals surface area contributed by atoms with Crippen molar-refractivity contribution in [1.82, 2.24) is 9.88 Å². The molecule has 114 valence electrons. The maximum absolute atomic E-state index is 12.6. The van der Waals surface area contributed by atoms with E-state index in [1.165, 1.54) is 6.20 Å². The van der Waals surface area contributed by atoms with E-state index in [0.717, 1.165) is 0 Å². The Balaban J connectivity index is 2.33. The summed E-state index contributed by atoms with van der Waals surface area (Å²) in [4.78, 5) is 18.3. The molecule has 0 fully saturated rings. The van der Waals surface area contributed by atoms with Gasteiger partial charge in [-0.1, -0.05) is 35.3 Å². The molecular weight excluding hydrogens is 323 g/mol. The lowest BCUT2D eigenvalue weighted by Gasteiger charge is -2.13. The Labute approximate surface area is 138 Å². The van der Waals surface area contributed by atoms with E-state index in [4.69, 9.17) is 27.9 Å². The highest BCUT2D eigenvalue weighted by atomic mass is 35.5. The molecule has 0 aliphatic rings. The van der Waals surface area contributed by atoms with Gasteiger partial charge in [0, 0.05) is 25.9 Å². The van der Waals surface area contributed by atoms with E-state index in [-0.39, 0.29) is 11.5 Å². The number of ether oxygens (including phenoxy) is 1. The van der Waals surface area contributed by atoms with Crippen molar-refractivity contribution in [2.24, 2.45) is 0 Å². The Hall–Kier alpha value is -2.04. The second-order valence-corrected chi connectivity index (χ2v) is 5.48. The number of carbonyl (C=O) groups excluding carboxylic acids is 1. The van der Waals surface area contributed by atoms with Crippen LogP contribution in [0.25, 0.3) is 0 Å². The second kappa shape index (κ2) is 7.29. The normalized spacial score (nSPS) is 11.2. The van der Waals surface area contributed by atoms with E-state index >= 15 is 0 Å². The highest BCUT2D eigenvalue weighted by Gasteiger charge is 2.18. The summed E-state index contributed by atoms with van der Waals surface area (Å²) in [5.74, 6) is 0.245. The Kier molecular flexibility index (Phi) is 5.41. The predicted molar refractivity (Wildman–Crippen MR) is 87.4 cm³/mol. The summed E-state index contributed by atoms with van der Waals surface area (Å²) in [5, 5.41) is 0.720. The van der Waals surface area contributed by atoms with Crippen LogP contribution in [0.5, 0.6) is 5.75 Å². The number of halogens is 2. The molecule has 0 bridgehead atoms. The van der Waals surface area contributed by atoms with Crippen LogP contribution in [0, 0.1) is 0 Å². The van der Waals surface area contributed by atoms with Crippen molar-refractivity contribution in [3.8, 4) is 5.75 Å². The molecule has 22 heavy (non-hydrogen) atoms. The number of carbonyl (C=O) groups is 1. The lowest BCUT2D eigenvalue weighted by atomic mass is 10.1. The standard InChI is InChI=1S/C16H14Cl2N2O2/c1-20(2)10-14(22-11-7-8-15(18)19-9-11)16(21)12-5-3-4-6-13(12)17/h3-10H,1-2H3/b14-10-. The highest BCUT2D eigenvalue weighted by molar-refractivity contribution is 6.34. The van der Waals surface area contributed by atoms with Gasteiger partial charge in [0.05, 0.1) is 11.2 Å². The minimum absolute atomic E-state index is 0.141. The van der Waals surface area contributed by atoms with Gasteiger partial charge in [-0.05, 0) is 24.3 Å². The number of pyridine rings is 1. The number of rotatable bonds is 5. The fourth-order valence-electron chi connectivity index (χ4n) is 1.69. The third kappa shape index (κ3) is 4.23. The molecule has 0 spiro atoms. The van der Waals surface area contributed by atoms with E-state index in [0.29, 0.717) is 21.5 Å². The Morgan fingerprint density at radius 3 is 2.50 bits per heavy atom. The van der Waals surface area contributed by atoms with Crippen LogP contribution in [-0.2, 0) is 0 Å². The molecule has 1 aromatic heterocycles. The molecule has 6 heteroatoms. The van der Waals surface area contributed by atoms with Gasteiger partial charge in [-0.3, -0.25) is 4.79 Å². The molecule has 0 saturated heterocycles. The molecule has 0 N–H and O–H groups in total. The second-order valence-electron chi connectivity index (χ2n) is 4.68. The lowest BCUT2D eigenvalue weighted by Crippen LogP contribution is -2.15. The number of Topliss-reactive ketones (excluding diaryl/α,β-unsaturated/α-hetero) is 1. The average molecular weight is 337 g/mol. The molecule has 1 heterocycles. The van der Waals surface area contributed by atoms with Crippen LogP contribution in [0.4, 0.5) is 0 Å². The smallest absolute Gasteiger partial charge is 0.231 e. The van der Waals surface area contributed by atoms with Gasteiger partial charge in [0.25, 0.3) is 0 Å². The molecule has 2 rings (SSSR count). The summed E-state index contributed by atoms with van der Waals surface area (Å²) >= 11 is 11.8. The van der Waals surface area contributed by atoms with Gasteiger partial charge in [-0.2, -0.15) is 0 Å². The fraction of sp³-hybridized carbons (Fsp3) is 0.125. The first-order valence-electron chi connectivity index (χ1n) is 6.44. The zero-order chi connectivity index (χ0) is 16.1. The molecule has 4 nitrogen and oxygen atoms in total. The molecule has 2 aromatic rings. The summed E-state index contributed by atoms with van der Waals surface area (Å²) in [6, 6.07) is 10.0. The van der Waals surface area contributed by atoms with Gasteiger partial charge < -0.3 is 9.64 Å². The minimum atomic E-state index is -0.311. The van der Waals surface area contributed by atoms with Gasteiger partial charge in [0.1, 0.15) is 10.9 Å². The summed E-state index contributed by atoms with van der Waals surface area (Å²) in [6.45, 7) is 0. The summed E-state index contributed by atoms with van der Waals surface area (Å²) < 4.78 is 5.64. The fourth-order valence-corrected chi connectivity index (χ4v) is 2.03. The van der Waals surface area contributed by atoms with Crippen LogP contribution in [0.15, 0.2) is 54.6 Å². The Morgan fingerprint density at radius 1 is 1.18 bits per heavy atom. The van der Waals surface area contributed by atoms with Gasteiger partial charge in [0.2, 0.25) is 5.78 Å². The van der Waals surface area contributed by atoms with Crippen LogP contribution < -0.4 is 4.74 Å². The van der Waals surface area contributed by atoms with Gasteiger partial charge in [-0.25, -0.2) is 4.98 Å². The molecular formula is C16H14Cl2N2O2. The number of hydrogen-bond donors (Lipinski definition) is 0. The number of benzene rings is 1. The van der Waals surface area contributed by atoms with Crippen LogP contribution >= 0.6 is 23.2 Å².